The number of carbonyl (C=O) groups is 1. The standard InChI is InChI=1S/C18H22N2O/c1-18(2,14-9-5-4-6-10-14)13-20-17(21)15-11-7-8-12-16(15)19-3/h4-12,19H,13H2,1-3H3,(H,20,21). The number of rotatable bonds is 5. The van der Waals surface area contributed by atoms with Crippen LogP contribution in [0.2, 0.25) is 0 Å². The average Bonchev–Trinajstić information content (AvgIpc) is 2.53. The molecule has 0 heterocycles. The van der Waals surface area contributed by atoms with Crippen molar-refractivity contribution in [1.82, 2.24) is 5.32 Å². The van der Waals surface area contributed by atoms with Gasteiger partial charge in [0.25, 0.3) is 5.91 Å². The molecule has 1 amide bonds. The van der Waals surface area contributed by atoms with Crippen molar-refractivity contribution in [3.63, 3.8) is 0 Å². The van der Waals surface area contributed by atoms with Crippen LogP contribution in [0.15, 0.2) is 54.6 Å². The summed E-state index contributed by atoms with van der Waals surface area (Å²) in [5, 5.41) is 6.08. The third kappa shape index (κ3) is 3.63. The second-order valence-electron chi connectivity index (χ2n) is 5.73. The van der Waals surface area contributed by atoms with Crippen LogP contribution in [0.1, 0.15) is 29.8 Å². The van der Waals surface area contributed by atoms with Crippen LogP contribution in [0.3, 0.4) is 0 Å². The Balaban J connectivity index is 2.07. The molecule has 110 valence electrons. The Morgan fingerprint density at radius 3 is 2.29 bits per heavy atom. The van der Waals surface area contributed by atoms with Crippen LogP contribution in [0.4, 0.5) is 5.69 Å². The molecule has 0 bridgehead atoms. The Hall–Kier alpha value is -2.29. The van der Waals surface area contributed by atoms with Gasteiger partial charge in [0.05, 0.1) is 5.56 Å². The first-order chi connectivity index (χ1) is 10.0. The molecular weight excluding hydrogens is 260 g/mol. The van der Waals surface area contributed by atoms with Crippen LogP contribution in [0.25, 0.3) is 0 Å². The number of amides is 1. The fourth-order valence-corrected chi connectivity index (χ4v) is 2.29. The van der Waals surface area contributed by atoms with E-state index in [1.165, 1.54) is 5.56 Å². The van der Waals surface area contributed by atoms with Gasteiger partial charge in [-0.05, 0) is 17.7 Å². The van der Waals surface area contributed by atoms with E-state index in [4.69, 9.17) is 0 Å². The van der Waals surface area contributed by atoms with Crippen LogP contribution in [0.5, 0.6) is 0 Å². The molecular formula is C18H22N2O. The summed E-state index contributed by atoms with van der Waals surface area (Å²) >= 11 is 0. The Labute approximate surface area is 126 Å². The van der Waals surface area contributed by atoms with Gasteiger partial charge >= 0.3 is 0 Å². The predicted molar refractivity (Wildman–Crippen MR) is 87.8 cm³/mol. The first kappa shape index (κ1) is 15.1. The second kappa shape index (κ2) is 6.44. The van der Waals surface area contributed by atoms with Crippen molar-refractivity contribution in [3.8, 4) is 0 Å². The van der Waals surface area contributed by atoms with Crippen molar-refractivity contribution in [2.45, 2.75) is 19.3 Å². The molecule has 3 nitrogen and oxygen atoms in total. The lowest BCUT2D eigenvalue weighted by molar-refractivity contribution is 0.0946. The number of anilines is 1. The highest BCUT2D eigenvalue weighted by atomic mass is 16.1. The second-order valence-corrected chi connectivity index (χ2v) is 5.73. The molecule has 0 atom stereocenters. The van der Waals surface area contributed by atoms with Gasteiger partial charge in [0.15, 0.2) is 0 Å². The Bertz CT molecular complexity index is 606. The SMILES string of the molecule is CNc1ccccc1C(=O)NCC(C)(C)c1ccccc1. The molecule has 0 aromatic heterocycles. The quantitative estimate of drug-likeness (QED) is 0.882. The molecule has 0 saturated carbocycles. The van der Waals surface area contributed by atoms with Crippen LogP contribution in [-0.4, -0.2) is 19.5 Å². The number of benzene rings is 2. The molecule has 2 aromatic rings. The summed E-state index contributed by atoms with van der Waals surface area (Å²) in [7, 11) is 1.82. The molecule has 0 aliphatic carbocycles. The van der Waals surface area contributed by atoms with Gasteiger partial charge in [0.2, 0.25) is 0 Å². The highest BCUT2D eigenvalue weighted by molar-refractivity contribution is 5.99. The van der Waals surface area contributed by atoms with E-state index in [-0.39, 0.29) is 11.3 Å². The van der Waals surface area contributed by atoms with Crippen LogP contribution in [-0.2, 0) is 5.41 Å². The van der Waals surface area contributed by atoms with Gasteiger partial charge in [-0.1, -0.05) is 56.3 Å². The molecule has 3 heteroatoms. The summed E-state index contributed by atoms with van der Waals surface area (Å²) in [6.07, 6.45) is 0. The van der Waals surface area contributed by atoms with Crippen molar-refractivity contribution < 1.29 is 4.79 Å². The fourth-order valence-electron chi connectivity index (χ4n) is 2.29. The summed E-state index contributed by atoms with van der Waals surface area (Å²) in [6, 6.07) is 17.7. The van der Waals surface area contributed by atoms with Gasteiger partial charge in [-0.2, -0.15) is 0 Å². The Morgan fingerprint density at radius 2 is 1.62 bits per heavy atom. The Kier molecular flexibility index (Phi) is 4.63. The van der Waals surface area contributed by atoms with E-state index in [1.807, 2.05) is 49.5 Å². The normalized spacial score (nSPS) is 11.0. The lowest BCUT2D eigenvalue weighted by Crippen LogP contribution is -2.36. The maximum absolute atomic E-state index is 12.4. The maximum Gasteiger partial charge on any atom is 0.253 e. The topological polar surface area (TPSA) is 41.1 Å². The molecule has 0 aliphatic heterocycles. The molecule has 0 spiro atoms. The third-order valence-corrected chi connectivity index (χ3v) is 3.69. The number of hydrogen-bond donors (Lipinski definition) is 2. The number of para-hydroxylation sites is 1. The molecule has 0 fully saturated rings. The van der Waals surface area contributed by atoms with Gasteiger partial charge < -0.3 is 10.6 Å². The van der Waals surface area contributed by atoms with Crippen molar-refractivity contribution in [1.29, 1.82) is 0 Å². The summed E-state index contributed by atoms with van der Waals surface area (Å²) in [6.45, 7) is 4.85. The van der Waals surface area contributed by atoms with E-state index in [1.54, 1.807) is 0 Å². The maximum atomic E-state index is 12.4. The van der Waals surface area contributed by atoms with Crippen LogP contribution < -0.4 is 10.6 Å². The zero-order chi connectivity index (χ0) is 15.3. The smallest absolute Gasteiger partial charge is 0.253 e. The third-order valence-electron chi connectivity index (χ3n) is 3.69. The zero-order valence-corrected chi connectivity index (χ0v) is 12.8. The van der Waals surface area contributed by atoms with Crippen molar-refractivity contribution in [2.24, 2.45) is 0 Å². The van der Waals surface area contributed by atoms with Crippen molar-refractivity contribution in [3.05, 3.63) is 65.7 Å². The minimum absolute atomic E-state index is 0.0519. The largest absolute Gasteiger partial charge is 0.387 e. The van der Waals surface area contributed by atoms with E-state index in [9.17, 15) is 4.79 Å². The van der Waals surface area contributed by atoms with E-state index < -0.39 is 0 Å². The highest BCUT2D eigenvalue weighted by Crippen LogP contribution is 2.22. The van der Waals surface area contributed by atoms with Crippen LogP contribution >= 0.6 is 0 Å². The Morgan fingerprint density at radius 1 is 1.00 bits per heavy atom. The van der Waals surface area contributed by atoms with E-state index in [0.717, 1.165) is 5.69 Å². The van der Waals surface area contributed by atoms with E-state index >= 15 is 0 Å². The van der Waals surface area contributed by atoms with Gasteiger partial charge in [0.1, 0.15) is 0 Å². The number of nitrogens with one attached hydrogen (secondary N) is 2. The first-order valence-electron chi connectivity index (χ1n) is 7.15. The number of carbonyl (C=O) groups excluding carboxylic acids is 1. The average molecular weight is 282 g/mol. The fraction of sp³-hybridized carbons (Fsp3) is 0.278. The van der Waals surface area contributed by atoms with Crippen molar-refractivity contribution in [2.75, 3.05) is 18.9 Å². The van der Waals surface area contributed by atoms with Crippen LogP contribution in [0, 0.1) is 0 Å². The van der Waals surface area contributed by atoms with Gasteiger partial charge in [-0.25, -0.2) is 0 Å². The number of hydrogen-bond acceptors (Lipinski definition) is 2. The minimum atomic E-state index is -0.106. The molecule has 0 radical (unpaired) electrons. The molecule has 0 unspecified atom stereocenters. The molecule has 0 saturated heterocycles. The summed E-state index contributed by atoms with van der Waals surface area (Å²) < 4.78 is 0. The molecule has 2 rings (SSSR count). The molecule has 2 aromatic carbocycles. The highest BCUT2D eigenvalue weighted by Gasteiger charge is 2.21. The van der Waals surface area contributed by atoms with Gasteiger partial charge in [0, 0.05) is 24.7 Å². The minimum Gasteiger partial charge on any atom is -0.387 e. The lowest BCUT2D eigenvalue weighted by atomic mass is 9.84. The van der Waals surface area contributed by atoms with E-state index in [2.05, 4.69) is 36.6 Å². The molecule has 2 N–H and O–H groups in total. The lowest BCUT2D eigenvalue weighted by Gasteiger charge is -2.25. The molecule has 0 aliphatic rings. The van der Waals surface area contributed by atoms with Crippen molar-refractivity contribution >= 4 is 11.6 Å². The van der Waals surface area contributed by atoms with Gasteiger partial charge in [-0.15, -0.1) is 0 Å². The van der Waals surface area contributed by atoms with E-state index in [0.29, 0.717) is 12.1 Å². The first-order valence-corrected chi connectivity index (χ1v) is 7.15. The molecule has 21 heavy (non-hydrogen) atoms. The summed E-state index contributed by atoms with van der Waals surface area (Å²) in [5.74, 6) is -0.0519. The summed E-state index contributed by atoms with van der Waals surface area (Å²) in [4.78, 5) is 12.4. The van der Waals surface area contributed by atoms with Gasteiger partial charge in [-0.3, -0.25) is 4.79 Å². The zero-order valence-electron chi connectivity index (χ0n) is 12.8. The predicted octanol–water partition coefficient (Wildman–Crippen LogP) is 3.44. The summed E-state index contributed by atoms with van der Waals surface area (Å²) in [5.41, 5.74) is 2.62. The monoisotopic (exact) mass is 282 g/mol.